The van der Waals surface area contributed by atoms with E-state index in [-0.39, 0.29) is 16.8 Å². The van der Waals surface area contributed by atoms with Crippen LogP contribution in [0.15, 0.2) is 9.59 Å². The molecular weight excluding hydrogens is 276 g/mol. The van der Waals surface area contributed by atoms with Crippen molar-refractivity contribution in [2.24, 2.45) is 5.92 Å². The SMILES string of the molecule is CCCc1c(Cl)[nH]c(=O)n(C(C)CCCC(C)C)c1=O. The molecular formula is C15H25ClN2O2. The molecule has 4 nitrogen and oxygen atoms in total. The number of halogens is 1. The van der Waals surface area contributed by atoms with Crippen molar-refractivity contribution < 1.29 is 0 Å². The molecule has 0 saturated heterocycles. The summed E-state index contributed by atoms with van der Waals surface area (Å²) in [6.45, 7) is 8.24. The van der Waals surface area contributed by atoms with Crippen LogP contribution in [-0.2, 0) is 6.42 Å². The van der Waals surface area contributed by atoms with E-state index in [1.54, 1.807) is 0 Å². The molecule has 0 amide bonds. The van der Waals surface area contributed by atoms with E-state index in [0.29, 0.717) is 17.9 Å². The zero-order valence-electron chi connectivity index (χ0n) is 12.8. The molecule has 1 unspecified atom stereocenters. The Morgan fingerprint density at radius 2 is 1.85 bits per heavy atom. The third-order valence-corrected chi connectivity index (χ3v) is 3.84. The minimum atomic E-state index is -0.406. The molecule has 0 aliphatic carbocycles. The van der Waals surface area contributed by atoms with Crippen molar-refractivity contribution in [2.45, 2.75) is 65.8 Å². The highest BCUT2D eigenvalue weighted by Gasteiger charge is 2.16. The lowest BCUT2D eigenvalue weighted by molar-refractivity contribution is 0.424. The molecule has 0 fully saturated rings. The molecule has 0 aliphatic heterocycles. The lowest BCUT2D eigenvalue weighted by atomic mass is 10.0. The fourth-order valence-electron chi connectivity index (χ4n) is 2.38. The molecule has 20 heavy (non-hydrogen) atoms. The second kappa shape index (κ2) is 7.67. The maximum Gasteiger partial charge on any atom is 0.329 e. The van der Waals surface area contributed by atoms with Gasteiger partial charge in [-0.1, -0.05) is 51.6 Å². The number of nitrogens with zero attached hydrogens (tertiary/aromatic N) is 1. The van der Waals surface area contributed by atoms with Gasteiger partial charge in [0.2, 0.25) is 0 Å². The molecule has 0 aliphatic rings. The van der Waals surface area contributed by atoms with Gasteiger partial charge in [0.25, 0.3) is 5.56 Å². The van der Waals surface area contributed by atoms with Crippen LogP contribution in [0.5, 0.6) is 0 Å². The van der Waals surface area contributed by atoms with Gasteiger partial charge < -0.3 is 0 Å². The number of rotatable bonds is 7. The molecule has 0 radical (unpaired) electrons. The highest BCUT2D eigenvalue weighted by Crippen LogP contribution is 2.15. The van der Waals surface area contributed by atoms with Crippen molar-refractivity contribution in [2.75, 3.05) is 0 Å². The Balaban J connectivity index is 3.02. The Morgan fingerprint density at radius 1 is 1.20 bits per heavy atom. The van der Waals surface area contributed by atoms with Gasteiger partial charge in [-0.2, -0.15) is 0 Å². The van der Waals surface area contributed by atoms with Crippen LogP contribution < -0.4 is 11.2 Å². The van der Waals surface area contributed by atoms with E-state index < -0.39 is 5.69 Å². The van der Waals surface area contributed by atoms with E-state index in [9.17, 15) is 9.59 Å². The van der Waals surface area contributed by atoms with E-state index in [1.807, 2.05) is 13.8 Å². The lowest BCUT2D eigenvalue weighted by Gasteiger charge is -2.16. The van der Waals surface area contributed by atoms with Gasteiger partial charge >= 0.3 is 5.69 Å². The van der Waals surface area contributed by atoms with Crippen LogP contribution in [0.1, 0.15) is 65.0 Å². The molecule has 1 rings (SSSR count). The first-order valence-electron chi connectivity index (χ1n) is 7.41. The van der Waals surface area contributed by atoms with Crippen molar-refractivity contribution in [1.82, 2.24) is 9.55 Å². The van der Waals surface area contributed by atoms with Gasteiger partial charge in [-0.05, 0) is 25.7 Å². The van der Waals surface area contributed by atoms with Gasteiger partial charge in [-0.25, -0.2) is 4.79 Å². The number of aromatic amines is 1. The fraction of sp³-hybridized carbons (Fsp3) is 0.733. The topological polar surface area (TPSA) is 54.9 Å². The summed E-state index contributed by atoms with van der Waals surface area (Å²) < 4.78 is 1.32. The summed E-state index contributed by atoms with van der Waals surface area (Å²) in [5, 5.41) is 0.187. The van der Waals surface area contributed by atoms with E-state index >= 15 is 0 Å². The normalized spacial score (nSPS) is 12.9. The van der Waals surface area contributed by atoms with E-state index in [2.05, 4.69) is 18.8 Å². The van der Waals surface area contributed by atoms with Gasteiger partial charge in [0.1, 0.15) is 5.15 Å². The van der Waals surface area contributed by atoms with Crippen molar-refractivity contribution in [1.29, 1.82) is 0 Å². The van der Waals surface area contributed by atoms with Crippen LogP contribution in [0.25, 0.3) is 0 Å². The summed E-state index contributed by atoms with van der Waals surface area (Å²) in [4.78, 5) is 27.0. The number of nitrogens with one attached hydrogen (secondary N) is 1. The number of hydrogen-bond donors (Lipinski definition) is 1. The Morgan fingerprint density at radius 3 is 2.40 bits per heavy atom. The summed E-state index contributed by atoms with van der Waals surface area (Å²) in [6.07, 6.45) is 4.35. The first-order chi connectivity index (χ1) is 9.38. The first kappa shape index (κ1) is 17.0. The second-order valence-corrected chi connectivity index (χ2v) is 6.20. The summed E-state index contributed by atoms with van der Waals surface area (Å²) >= 11 is 5.97. The summed E-state index contributed by atoms with van der Waals surface area (Å²) in [5.41, 5.74) is -0.126. The van der Waals surface area contributed by atoms with E-state index in [1.165, 1.54) is 4.57 Å². The number of H-pyrrole nitrogens is 1. The Labute approximate surface area is 125 Å². The molecule has 1 heterocycles. The van der Waals surface area contributed by atoms with Crippen LogP contribution in [0.2, 0.25) is 5.15 Å². The monoisotopic (exact) mass is 300 g/mol. The van der Waals surface area contributed by atoms with E-state index in [4.69, 9.17) is 11.6 Å². The maximum atomic E-state index is 12.4. The molecule has 1 aromatic heterocycles. The molecule has 1 aromatic rings. The zero-order valence-corrected chi connectivity index (χ0v) is 13.6. The van der Waals surface area contributed by atoms with Crippen LogP contribution in [0, 0.1) is 5.92 Å². The summed E-state index contributed by atoms with van der Waals surface area (Å²) in [6, 6.07) is -0.0992. The first-order valence-corrected chi connectivity index (χ1v) is 7.79. The maximum absolute atomic E-state index is 12.4. The Bertz CT molecular complexity index is 546. The quantitative estimate of drug-likeness (QED) is 0.783. The van der Waals surface area contributed by atoms with Crippen molar-refractivity contribution in [3.05, 3.63) is 31.6 Å². The molecule has 0 aromatic carbocycles. The van der Waals surface area contributed by atoms with Gasteiger partial charge in [-0.15, -0.1) is 0 Å². The lowest BCUT2D eigenvalue weighted by Crippen LogP contribution is -2.39. The molecule has 0 saturated carbocycles. The summed E-state index contributed by atoms with van der Waals surface area (Å²) in [5.74, 6) is 0.637. The summed E-state index contributed by atoms with van der Waals surface area (Å²) in [7, 11) is 0. The molecule has 0 spiro atoms. The molecule has 1 atom stereocenters. The highest BCUT2D eigenvalue weighted by molar-refractivity contribution is 6.30. The van der Waals surface area contributed by atoms with Crippen LogP contribution in [0.3, 0.4) is 0 Å². The predicted octanol–water partition coefficient (Wildman–Crippen LogP) is 3.53. The molecule has 5 heteroatoms. The zero-order chi connectivity index (χ0) is 15.3. The largest absolute Gasteiger partial charge is 0.329 e. The highest BCUT2D eigenvalue weighted by atomic mass is 35.5. The second-order valence-electron chi connectivity index (χ2n) is 5.82. The molecule has 1 N–H and O–H groups in total. The third-order valence-electron chi connectivity index (χ3n) is 3.52. The fourth-order valence-corrected chi connectivity index (χ4v) is 2.63. The van der Waals surface area contributed by atoms with Crippen LogP contribution >= 0.6 is 11.6 Å². The van der Waals surface area contributed by atoms with Crippen molar-refractivity contribution >= 4 is 11.6 Å². The third kappa shape index (κ3) is 4.23. The van der Waals surface area contributed by atoms with Crippen molar-refractivity contribution in [3.63, 3.8) is 0 Å². The average molecular weight is 301 g/mol. The minimum Gasteiger partial charge on any atom is -0.297 e. The number of hydrogen-bond acceptors (Lipinski definition) is 2. The average Bonchev–Trinajstić information content (AvgIpc) is 2.33. The smallest absolute Gasteiger partial charge is 0.297 e. The predicted molar refractivity (Wildman–Crippen MR) is 83.7 cm³/mol. The molecule has 114 valence electrons. The van der Waals surface area contributed by atoms with Gasteiger partial charge in [0, 0.05) is 6.04 Å². The Hall–Kier alpha value is -1.03. The van der Waals surface area contributed by atoms with Crippen LogP contribution in [0.4, 0.5) is 0 Å². The standard InChI is InChI=1S/C15H25ClN2O2/c1-5-7-12-13(16)17-15(20)18(14(12)19)11(4)9-6-8-10(2)3/h10-11H,5-9H2,1-4H3,(H,17,20). The minimum absolute atomic E-state index is 0.0992. The van der Waals surface area contributed by atoms with Gasteiger partial charge in [0.15, 0.2) is 0 Å². The molecule has 0 bridgehead atoms. The van der Waals surface area contributed by atoms with Gasteiger partial charge in [0.05, 0.1) is 5.56 Å². The van der Waals surface area contributed by atoms with Crippen molar-refractivity contribution in [3.8, 4) is 0 Å². The van der Waals surface area contributed by atoms with E-state index in [0.717, 1.165) is 25.7 Å². The van der Waals surface area contributed by atoms with Gasteiger partial charge in [-0.3, -0.25) is 14.3 Å². The van der Waals surface area contributed by atoms with Crippen LogP contribution in [-0.4, -0.2) is 9.55 Å². The Kier molecular flexibility index (Phi) is 6.53. The number of aromatic nitrogens is 2.